The van der Waals surface area contributed by atoms with Gasteiger partial charge in [0, 0.05) is 19.1 Å². The number of hydrogen-bond acceptors (Lipinski definition) is 3. The molecule has 0 aliphatic heterocycles. The number of benzene rings is 2. The van der Waals surface area contributed by atoms with Gasteiger partial charge in [0.05, 0.1) is 7.11 Å². The molecule has 1 fully saturated rings. The second kappa shape index (κ2) is 8.91. The third-order valence-corrected chi connectivity index (χ3v) is 4.57. The van der Waals surface area contributed by atoms with Crippen molar-refractivity contribution in [2.24, 2.45) is 0 Å². The maximum Gasteiger partial charge on any atom is 0.387 e. The predicted octanol–water partition coefficient (Wildman–Crippen LogP) is 4.48. The number of carbonyl (C=O) groups is 1. The SMILES string of the molecule is COc1ccc(CNC(=O)N(Cc2cccc(C)c2)C2CC2)cc1OC(F)F. The first-order valence-corrected chi connectivity index (χ1v) is 9.18. The first-order valence-electron chi connectivity index (χ1n) is 9.18. The van der Waals surface area contributed by atoms with Crippen molar-refractivity contribution in [2.45, 2.75) is 45.5 Å². The van der Waals surface area contributed by atoms with Crippen LogP contribution in [0, 0.1) is 6.92 Å². The molecule has 0 atom stereocenters. The Balaban J connectivity index is 1.64. The van der Waals surface area contributed by atoms with Crippen molar-refractivity contribution in [1.29, 1.82) is 0 Å². The van der Waals surface area contributed by atoms with Crippen LogP contribution in [-0.4, -0.2) is 30.7 Å². The van der Waals surface area contributed by atoms with Crippen molar-refractivity contribution in [1.82, 2.24) is 10.2 Å². The van der Waals surface area contributed by atoms with E-state index in [1.54, 1.807) is 12.1 Å². The highest BCUT2D eigenvalue weighted by molar-refractivity contribution is 5.75. The average Bonchev–Trinajstić information content (AvgIpc) is 3.49. The summed E-state index contributed by atoms with van der Waals surface area (Å²) in [6.45, 7) is -0.174. The van der Waals surface area contributed by atoms with Gasteiger partial charge in [-0.15, -0.1) is 0 Å². The average molecular weight is 390 g/mol. The maximum atomic E-state index is 12.7. The lowest BCUT2D eigenvalue weighted by Crippen LogP contribution is -2.40. The van der Waals surface area contributed by atoms with Gasteiger partial charge in [-0.2, -0.15) is 8.78 Å². The van der Waals surface area contributed by atoms with E-state index in [1.165, 1.54) is 13.2 Å². The van der Waals surface area contributed by atoms with Crippen LogP contribution in [0.3, 0.4) is 0 Å². The van der Waals surface area contributed by atoms with Crippen LogP contribution < -0.4 is 14.8 Å². The number of halogens is 2. The molecule has 1 aliphatic rings. The topological polar surface area (TPSA) is 50.8 Å². The molecule has 28 heavy (non-hydrogen) atoms. The number of methoxy groups -OCH3 is 1. The van der Waals surface area contributed by atoms with Gasteiger partial charge in [0.2, 0.25) is 0 Å². The lowest BCUT2D eigenvalue weighted by atomic mass is 10.1. The molecule has 1 aliphatic carbocycles. The number of aryl methyl sites for hydroxylation is 1. The van der Waals surface area contributed by atoms with Crippen molar-refractivity contribution < 1.29 is 23.0 Å². The molecule has 1 N–H and O–H groups in total. The molecule has 0 saturated heterocycles. The third-order valence-electron chi connectivity index (χ3n) is 4.57. The van der Waals surface area contributed by atoms with Crippen LogP contribution in [0.4, 0.5) is 13.6 Å². The fourth-order valence-corrected chi connectivity index (χ4v) is 3.06. The number of rotatable bonds is 8. The third kappa shape index (κ3) is 5.34. The van der Waals surface area contributed by atoms with Crippen LogP contribution in [0.5, 0.6) is 11.5 Å². The van der Waals surface area contributed by atoms with E-state index >= 15 is 0 Å². The van der Waals surface area contributed by atoms with E-state index in [4.69, 9.17) is 4.74 Å². The quantitative estimate of drug-likeness (QED) is 0.723. The van der Waals surface area contributed by atoms with Crippen molar-refractivity contribution in [2.75, 3.05) is 7.11 Å². The minimum atomic E-state index is -2.95. The van der Waals surface area contributed by atoms with Crippen LogP contribution in [0.1, 0.15) is 29.5 Å². The van der Waals surface area contributed by atoms with Crippen LogP contribution in [-0.2, 0) is 13.1 Å². The van der Waals surface area contributed by atoms with E-state index in [2.05, 4.69) is 16.1 Å². The number of ether oxygens (including phenoxy) is 2. The molecule has 150 valence electrons. The highest BCUT2D eigenvalue weighted by atomic mass is 19.3. The number of alkyl halides is 2. The number of amides is 2. The normalized spacial score (nSPS) is 13.3. The number of hydrogen-bond donors (Lipinski definition) is 1. The fraction of sp³-hybridized carbons (Fsp3) is 0.381. The van der Waals surface area contributed by atoms with Gasteiger partial charge in [0.25, 0.3) is 0 Å². The van der Waals surface area contributed by atoms with Gasteiger partial charge >= 0.3 is 12.6 Å². The molecule has 0 bridgehead atoms. The lowest BCUT2D eigenvalue weighted by molar-refractivity contribution is -0.0512. The first kappa shape index (κ1) is 19.9. The van der Waals surface area contributed by atoms with Crippen molar-refractivity contribution in [3.8, 4) is 11.5 Å². The molecule has 3 rings (SSSR count). The van der Waals surface area contributed by atoms with E-state index in [-0.39, 0.29) is 30.1 Å². The van der Waals surface area contributed by atoms with Crippen LogP contribution in [0.15, 0.2) is 42.5 Å². The number of urea groups is 1. The molecule has 0 aromatic heterocycles. The zero-order valence-corrected chi connectivity index (χ0v) is 16.0. The summed E-state index contributed by atoms with van der Waals surface area (Å²) in [7, 11) is 1.38. The summed E-state index contributed by atoms with van der Waals surface area (Å²) in [5.74, 6) is 0.164. The summed E-state index contributed by atoms with van der Waals surface area (Å²) in [6.07, 6.45) is 1.99. The van der Waals surface area contributed by atoms with E-state index in [0.29, 0.717) is 12.1 Å². The highest BCUT2D eigenvalue weighted by Crippen LogP contribution is 2.30. The van der Waals surface area contributed by atoms with E-state index in [1.807, 2.05) is 30.0 Å². The molecule has 0 unspecified atom stereocenters. The molecule has 2 amide bonds. The summed E-state index contributed by atoms with van der Waals surface area (Å²) < 4.78 is 34.6. The molecule has 7 heteroatoms. The molecule has 0 radical (unpaired) electrons. The van der Waals surface area contributed by atoms with E-state index in [0.717, 1.165) is 24.0 Å². The Morgan fingerprint density at radius 3 is 2.61 bits per heavy atom. The fourth-order valence-electron chi connectivity index (χ4n) is 3.06. The van der Waals surface area contributed by atoms with Crippen molar-refractivity contribution in [3.05, 3.63) is 59.2 Å². The van der Waals surface area contributed by atoms with Gasteiger partial charge in [-0.05, 0) is 43.0 Å². The van der Waals surface area contributed by atoms with Crippen LogP contribution >= 0.6 is 0 Å². The zero-order chi connectivity index (χ0) is 20.1. The monoisotopic (exact) mass is 390 g/mol. The van der Waals surface area contributed by atoms with E-state index in [9.17, 15) is 13.6 Å². The minimum absolute atomic E-state index is 0.0527. The predicted molar refractivity (Wildman–Crippen MR) is 102 cm³/mol. The Bertz CT molecular complexity index is 825. The summed E-state index contributed by atoms with van der Waals surface area (Å²) in [4.78, 5) is 14.5. The van der Waals surface area contributed by atoms with Gasteiger partial charge in [0.15, 0.2) is 11.5 Å². The van der Waals surface area contributed by atoms with Crippen molar-refractivity contribution >= 4 is 6.03 Å². The van der Waals surface area contributed by atoms with Crippen LogP contribution in [0.2, 0.25) is 0 Å². The van der Waals surface area contributed by atoms with Crippen molar-refractivity contribution in [3.63, 3.8) is 0 Å². The van der Waals surface area contributed by atoms with Gasteiger partial charge in [-0.1, -0.05) is 35.9 Å². The second-order valence-electron chi connectivity index (χ2n) is 6.87. The largest absolute Gasteiger partial charge is 0.493 e. The van der Waals surface area contributed by atoms with E-state index < -0.39 is 6.61 Å². The van der Waals surface area contributed by atoms with Gasteiger partial charge in [0.1, 0.15) is 0 Å². The molecular weight excluding hydrogens is 366 g/mol. The number of nitrogens with zero attached hydrogens (tertiary/aromatic N) is 1. The summed E-state index contributed by atoms with van der Waals surface area (Å²) in [5, 5.41) is 2.88. The molecule has 0 heterocycles. The minimum Gasteiger partial charge on any atom is -0.493 e. The van der Waals surface area contributed by atoms with Gasteiger partial charge in [-0.3, -0.25) is 0 Å². The zero-order valence-electron chi connectivity index (χ0n) is 16.0. The summed E-state index contributed by atoms with van der Waals surface area (Å²) in [5.41, 5.74) is 2.88. The Morgan fingerprint density at radius 2 is 1.96 bits per heavy atom. The van der Waals surface area contributed by atoms with Gasteiger partial charge < -0.3 is 19.7 Å². The lowest BCUT2D eigenvalue weighted by Gasteiger charge is -2.23. The number of carbonyl (C=O) groups excluding carboxylic acids is 1. The second-order valence-corrected chi connectivity index (χ2v) is 6.87. The smallest absolute Gasteiger partial charge is 0.387 e. The molecule has 1 saturated carbocycles. The molecular formula is C21H24F2N2O3. The first-order chi connectivity index (χ1) is 13.5. The summed E-state index contributed by atoms with van der Waals surface area (Å²) >= 11 is 0. The standard InChI is InChI=1S/C21H24F2N2O3/c1-14-4-3-5-16(10-14)13-25(17-7-8-17)21(26)24-12-15-6-9-18(27-2)19(11-15)28-20(22)23/h3-6,9-11,17,20H,7-8,12-13H2,1-2H3,(H,24,26). The highest BCUT2D eigenvalue weighted by Gasteiger charge is 2.32. The van der Waals surface area contributed by atoms with Gasteiger partial charge in [-0.25, -0.2) is 4.79 Å². The Hall–Kier alpha value is -2.83. The molecule has 5 nitrogen and oxygen atoms in total. The maximum absolute atomic E-state index is 12.7. The summed E-state index contributed by atoms with van der Waals surface area (Å²) in [6, 6.07) is 12.9. The molecule has 2 aromatic rings. The Morgan fingerprint density at radius 1 is 1.18 bits per heavy atom. The van der Waals surface area contributed by atoms with Crippen LogP contribution in [0.25, 0.3) is 0 Å². The Labute approximate surface area is 163 Å². The number of nitrogens with one attached hydrogen (secondary N) is 1. The molecule has 0 spiro atoms. The Kier molecular flexibility index (Phi) is 6.34. The molecule has 2 aromatic carbocycles.